The number of nitrogens with zero attached hydrogens (tertiary/aromatic N) is 1. The van der Waals surface area contributed by atoms with Crippen molar-refractivity contribution in [3.63, 3.8) is 0 Å². The van der Waals surface area contributed by atoms with Crippen LogP contribution in [0.3, 0.4) is 0 Å². The highest BCUT2D eigenvalue weighted by Gasteiger charge is 2.39. The third-order valence-corrected chi connectivity index (χ3v) is 5.37. The van der Waals surface area contributed by atoms with Crippen LogP contribution in [0.2, 0.25) is 0 Å². The molecule has 0 aromatic heterocycles. The summed E-state index contributed by atoms with van der Waals surface area (Å²) in [4.78, 5) is 28.0. The van der Waals surface area contributed by atoms with Gasteiger partial charge in [-0.1, -0.05) is 18.2 Å². The number of imide groups is 1. The van der Waals surface area contributed by atoms with E-state index in [0.717, 1.165) is 16.8 Å². The van der Waals surface area contributed by atoms with E-state index in [0.29, 0.717) is 42.3 Å². The van der Waals surface area contributed by atoms with E-state index in [1.54, 1.807) is 25.3 Å². The Morgan fingerprint density at radius 1 is 0.938 bits per heavy atom. The fraction of sp³-hybridized carbons (Fsp3) is 0.360. The Balaban J connectivity index is 2.04. The molecule has 1 N–H and O–H groups in total. The Morgan fingerprint density at radius 3 is 2.38 bits per heavy atom. The van der Waals surface area contributed by atoms with Crippen molar-refractivity contribution in [3.8, 4) is 11.5 Å². The zero-order chi connectivity index (χ0) is 23.3. The predicted octanol–water partition coefficient (Wildman–Crippen LogP) is 3.94. The molecule has 1 aliphatic rings. The summed E-state index contributed by atoms with van der Waals surface area (Å²) in [5.74, 6) is 0.341. The first-order chi connectivity index (χ1) is 15.4. The van der Waals surface area contributed by atoms with Gasteiger partial charge >= 0.3 is 0 Å². The van der Waals surface area contributed by atoms with Crippen molar-refractivity contribution in [3.05, 3.63) is 58.8 Å². The van der Waals surface area contributed by atoms with Gasteiger partial charge in [-0.25, -0.2) is 0 Å². The third kappa shape index (κ3) is 4.78. The number of ether oxygens (including phenoxy) is 3. The SMILES string of the molecule is CCOCCCN1C(=O)C(Nc2cc(C)ccc2C)=C(c2ccc(OC)c(OC)c2)C1=O. The summed E-state index contributed by atoms with van der Waals surface area (Å²) in [6, 6.07) is 11.2. The number of methoxy groups -OCH3 is 2. The van der Waals surface area contributed by atoms with Crippen LogP contribution in [0.5, 0.6) is 11.5 Å². The van der Waals surface area contributed by atoms with Gasteiger partial charge in [-0.3, -0.25) is 14.5 Å². The summed E-state index contributed by atoms with van der Waals surface area (Å²) in [6.45, 7) is 7.21. The molecule has 0 aliphatic carbocycles. The molecule has 2 aromatic rings. The van der Waals surface area contributed by atoms with Gasteiger partial charge in [0.15, 0.2) is 11.5 Å². The van der Waals surface area contributed by atoms with Gasteiger partial charge in [-0.15, -0.1) is 0 Å². The first kappa shape index (κ1) is 23.3. The Hall–Kier alpha value is -3.32. The quantitative estimate of drug-likeness (QED) is 0.447. The molecule has 2 amide bonds. The maximum Gasteiger partial charge on any atom is 0.278 e. The van der Waals surface area contributed by atoms with Crippen molar-refractivity contribution in [2.24, 2.45) is 0 Å². The summed E-state index contributed by atoms with van der Waals surface area (Å²) in [6.07, 6.45) is 0.571. The summed E-state index contributed by atoms with van der Waals surface area (Å²) >= 11 is 0. The molecule has 7 nitrogen and oxygen atoms in total. The van der Waals surface area contributed by atoms with E-state index >= 15 is 0 Å². The van der Waals surface area contributed by atoms with E-state index in [9.17, 15) is 9.59 Å². The lowest BCUT2D eigenvalue weighted by molar-refractivity contribution is -0.137. The van der Waals surface area contributed by atoms with Crippen LogP contribution in [0.15, 0.2) is 42.1 Å². The van der Waals surface area contributed by atoms with Crippen molar-refractivity contribution >= 4 is 23.1 Å². The van der Waals surface area contributed by atoms with Crippen LogP contribution in [-0.2, 0) is 14.3 Å². The summed E-state index contributed by atoms with van der Waals surface area (Å²) < 4.78 is 16.1. The summed E-state index contributed by atoms with van der Waals surface area (Å²) in [5.41, 5.74) is 3.97. The number of carbonyl (C=O) groups excluding carboxylic acids is 2. The fourth-order valence-corrected chi connectivity index (χ4v) is 3.63. The Bertz CT molecular complexity index is 1040. The van der Waals surface area contributed by atoms with Gasteiger partial charge < -0.3 is 19.5 Å². The maximum absolute atomic E-state index is 13.4. The average Bonchev–Trinajstić information content (AvgIpc) is 3.02. The second kappa shape index (κ2) is 10.3. The molecule has 0 radical (unpaired) electrons. The van der Waals surface area contributed by atoms with Crippen LogP contribution in [0.25, 0.3) is 5.57 Å². The number of rotatable bonds is 10. The molecule has 170 valence electrons. The minimum absolute atomic E-state index is 0.257. The lowest BCUT2D eigenvalue weighted by Gasteiger charge is -2.15. The second-order valence-corrected chi connectivity index (χ2v) is 7.58. The molecule has 1 aliphatic heterocycles. The Morgan fingerprint density at radius 2 is 1.69 bits per heavy atom. The zero-order valence-electron chi connectivity index (χ0n) is 19.3. The molecular formula is C25H30N2O5. The highest BCUT2D eigenvalue weighted by Crippen LogP contribution is 2.36. The third-order valence-electron chi connectivity index (χ3n) is 5.37. The molecule has 0 saturated carbocycles. The van der Waals surface area contributed by atoms with E-state index in [-0.39, 0.29) is 24.1 Å². The van der Waals surface area contributed by atoms with Crippen LogP contribution < -0.4 is 14.8 Å². The number of aryl methyl sites for hydroxylation is 2. The molecule has 0 fully saturated rings. The smallest absolute Gasteiger partial charge is 0.278 e. The summed E-state index contributed by atoms with van der Waals surface area (Å²) in [5, 5.41) is 3.24. The number of nitrogens with one attached hydrogen (secondary N) is 1. The average molecular weight is 439 g/mol. The van der Waals surface area contributed by atoms with E-state index < -0.39 is 0 Å². The molecule has 2 aromatic carbocycles. The lowest BCUT2D eigenvalue weighted by Crippen LogP contribution is -2.34. The van der Waals surface area contributed by atoms with E-state index in [4.69, 9.17) is 14.2 Å². The Labute approximate surface area is 189 Å². The molecule has 3 rings (SSSR count). The van der Waals surface area contributed by atoms with E-state index in [1.165, 1.54) is 12.0 Å². The zero-order valence-corrected chi connectivity index (χ0v) is 19.3. The van der Waals surface area contributed by atoms with Crippen molar-refractivity contribution in [2.75, 3.05) is 39.3 Å². The van der Waals surface area contributed by atoms with Crippen LogP contribution >= 0.6 is 0 Å². The van der Waals surface area contributed by atoms with Crippen LogP contribution in [0.1, 0.15) is 30.0 Å². The highest BCUT2D eigenvalue weighted by molar-refractivity contribution is 6.36. The van der Waals surface area contributed by atoms with Crippen molar-refractivity contribution in [1.29, 1.82) is 0 Å². The summed E-state index contributed by atoms with van der Waals surface area (Å²) in [7, 11) is 3.08. The van der Waals surface area contributed by atoms with Gasteiger partial charge in [0, 0.05) is 25.4 Å². The molecule has 0 spiro atoms. The van der Waals surface area contributed by atoms with E-state index in [2.05, 4.69) is 5.32 Å². The predicted molar refractivity (Wildman–Crippen MR) is 124 cm³/mol. The minimum Gasteiger partial charge on any atom is -0.493 e. The van der Waals surface area contributed by atoms with Gasteiger partial charge in [0.05, 0.1) is 19.8 Å². The molecule has 0 atom stereocenters. The molecule has 0 bridgehead atoms. The van der Waals surface area contributed by atoms with Crippen molar-refractivity contribution in [1.82, 2.24) is 4.90 Å². The molecular weight excluding hydrogens is 408 g/mol. The number of benzene rings is 2. The van der Waals surface area contributed by atoms with Gasteiger partial charge in [0.2, 0.25) is 0 Å². The number of carbonyl (C=O) groups is 2. The largest absolute Gasteiger partial charge is 0.493 e. The molecule has 0 saturated heterocycles. The number of hydrogen-bond donors (Lipinski definition) is 1. The molecule has 7 heteroatoms. The fourth-order valence-electron chi connectivity index (χ4n) is 3.63. The number of anilines is 1. The molecule has 0 unspecified atom stereocenters. The topological polar surface area (TPSA) is 77.1 Å². The van der Waals surface area contributed by atoms with Gasteiger partial charge in [0.25, 0.3) is 11.8 Å². The Kier molecular flexibility index (Phi) is 7.53. The first-order valence-corrected chi connectivity index (χ1v) is 10.7. The monoisotopic (exact) mass is 438 g/mol. The standard InChI is InChI=1S/C25H30N2O5/c1-6-32-13-7-12-27-24(28)22(18-10-11-20(30-4)21(15-18)31-5)23(25(27)29)26-19-14-16(2)8-9-17(19)3/h8-11,14-15,26H,6-7,12-13H2,1-5H3. The van der Waals surface area contributed by atoms with Gasteiger partial charge in [-0.05, 0) is 62.1 Å². The van der Waals surface area contributed by atoms with Crippen LogP contribution in [-0.4, -0.2) is 50.7 Å². The van der Waals surface area contributed by atoms with Crippen LogP contribution in [0.4, 0.5) is 5.69 Å². The normalized spacial score (nSPS) is 13.7. The molecule has 32 heavy (non-hydrogen) atoms. The van der Waals surface area contributed by atoms with Crippen molar-refractivity contribution < 1.29 is 23.8 Å². The number of amides is 2. The maximum atomic E-state index is 13.4. The van der Waals surface area contributed by atoms with E-state index in [1.807, 2.05) is 39.0 Å². The highest BCUT2D eigenvalue weighted by atomic mass is 16.5. The minimum atomic E-state index is -0.350. The second-order valence-electron chi connectivity index (χ2n) is 7.58. The lowest BCUT2D eigenvalue weighted by atomic mass is 10.0. The van der Waals surface area contributed by atoms with Gasteiger partial charge in [-0.2, -0.15) is 0 Å². The van der Waals surface area contributed by atoms with Crippen LogP contribution in [0, 0.1) is 13.8 Å². The first-order valence-electron chi connectivity index (χ1n) is 10.7. The van der Waals surface area contributed by atoms with Gasteiger partial charge in [0.1, 0.15) is 5.70 Å². The van der Waals surface area contributed by atoms with Crippen molar-refractivity contribution in [2.45, 2.75) is 27.2 Å². The number of hydrogen-bond acceptors (Lipinski definition) is 6. The molecule has 1 heterocycles.